The highest BCUT2D eigenvalue weighted by molar-refractivity contribution is 8.00. The van der Waals surface area contributed by atoms with E-state index in [9.17, 15) is 13.6 Å². The van der Waals surface area contributed by atoms with Crippen molar-refractivity contribution in [1.82, 2.24) is 5.32 Å². The van der Waals surface area contributed by atoms with Gasteiger partial charge in [0.1, 0.15) is 11.6 Å². The molecule has 1 unspecified atom stereocenters. The maximum absolute atomic E-state index is 13.6. The summed E-state index contributed by atoms with van der Waals surface area (Å²) in [5.41, 5.74) is 0.273. The molecular weight excluding hydrogens is 292 g/mol. The third-order valence-electron chi connectivity index (χ3n) is 2.92. The van der Waals surface area contributed by atoms with Crippen molar-refractivity contribution < 1.29 is 13.6 Å². The van der Waals surface area contributed by atoms with Crippen LogP contribution in [0.2, 0.25) is 0 Å². The van der Waals surface area contributed by atoms with Crippen LogP contribution in [0.15, 0.2) is 53.4 Å². The highest BCUT2D eigenvalue weighted by atomic mass is 32.2. The van der Waals surface area contributed by atoms with Crippen LogP contribution >= 0.6 is 11.8 Å². The second-order valence-corrected chi connectivity index (χ2v) is 5.61. The fourth-order valence-electron chi connectivity index (χ4n) is 1.88. The summed E-state index contributed by atoms with van der Waals surface area (Å²) in [4.78, 5) is 12.8. The van der Waals surface area contributed by atoms with Crippen LogP contribution in [-0.4, -0.2) is 11.7 Å². The Morgan fingerprint density at radius 2 is 1.90 bits per heavy atom. The van der Waals surface area contributed by atoms with Gasteiger partial charge in [-0.25, -0.2) is 8.78 Å². The van der Waals surface area contributed by atoms with Gasteiger partial charge >= 0.3 is 0 Å². The van der Waals surface area contributed by atoms with E-state index in [0.717, 1.165) is 11.0 Å². The number of rotatable bonds is 5. The zero-order chi connectivity index (χ0) is 15.2. The van der Waals surface area contributed by atoms with E-state index in [0.29, 0.717) is 0 Å². The van der Waals surface area contributed by atoms with Crippen molar-refractivity contribution in [3.05, 3.63) is 65.7 Å². The van der Waals surface area contributed by atoms with Crippen LogP contribution in [0, 0.1) is 11.6 Å². The van der Waals surface area contributed by atoms with E-state index in [1.165, 1.54) is 23.9 Å². The Balaban J connectivity index is 1.90. The molecule has 1 atom stereocenters. The molecule has 0 saturated carbocycles. The van der Waals surface area contributed by atoms with E-state index in [4.69, 9.17) is 0 Å². The maximum atomic E-state index is 13.6. The van der Waals surface area contributed by atoms with Crippen molar-refractivity contribution in [3.8, 4) is 0 Å². The van der Waals surface area contributed by atoms with Crippen molar-refractivity contribution >= 4 is 17.7 Å². The predicted octanol–water partition coefficient (Wildman–Crippen LogP) is 3.93. The first-order valence-electron chi connectivity index (χ1n) is 6.48. The molecule has 0 heterocycles. The molecule has 21 heavy (non-hydrogen) atoms. The summed E-state index contributed by atoms with van der Waals surface area (Å²) in [5, 5.41) is 2.70. The standard InChI is InChI=1S/C16H15F2NOS/c1-11(14-8-7-12(17)9-15(14)18)19-16(20)10-21-13-5-3-2-4-6-13/h2-9,11H,10H2,1H3,(H,19,20). The molecule has 0 radical (unpaired) electrons. The summed E-state index contributed by atoms with van der Waals surface area (Å²) in [5.74, 6) is -1.23. The average molecular weight is 307 g/mol. The number of carbonyl (C=O) groups is 1. The topological polar surface area (TPSA) is 29.1 Å². The molecule has 0 fully saturated rings. The lowest BCUT2D eigenvalue weighted by Crippen LogP contribution is -2.28. The SMILES string of the molecule is CC(NC(=O)CSc1ccccc1)c1ccc(F)cc1F. The first kappa shape index (κ1) is 15.5. The lowest BCUT2D eigenvalue weighted by molar-refractivity contribution is -0.119. The van der Waals surface area contributed by atoms with Gasteiger partial charge in [-0.1, -0.05) is 24.3 Å². The van der Waals surface area contributed by atoms with Gasteiger partial charge in [0, 0.05) is 16.5 Å². The van der Waals surface area contributed by atoms with Crippen molar-refractivity contribution in [3.63, 3.8) is 0 Å². The molecule has 0 spiro atoms. The van der Waals surface area contributed by atoms with Gasteiger partial charge in [-0.2, -0.15) is 0 Å². The van der Waals surface area contributed by atoms with Crippen LogP contribution in [0.25, 0.3) is 0 Å². The lowest BCUT2D eigenvalue weighted by Gasteiger charge is -2.15. The third kappa shape index (κ3) is 4.56. The fourth-order valence-corrected chi connectivity index (χ4v) is 2.61. The number of nitrogens with one attached hydrogen (secondary N) is 1. The van der Waals surface area contributed by atoms with Gasteiger partial charge in [0.15, 0.2) is 0 Å². The van der Waals surface area contributed by atoms with E-state index in [-0.39, 0.29) is 17.2 Å². The van der Waals surface area contributed by atoms with Crippen molar-refractivity contribution in [1.29, 1.82) is 0 Å². The summed E-state index contributed by atoms with van der Waals surface area (Å²) < 4.78 is 26.5. The Morgan fingerprint density at radius 3 is 2.57 bits per heavy atom. The second-order valence-electron chi connectivity index (χ2n) is 4.56. The normalized spacial score (nSPS) is 12.0. The second kappa shape index (κ2) is 7.22. The highest BCUT2D eigenvalue weighted by Crippen LogP contribution is 2.19. The number of hydrogen-bond donors (Lipinski definition) is 1. The molecule has 2 nitrogen and oxygen atoms in total. The van der Waals surface area contributed by atoms with Crippen LogP contribution in [0.3, 0.4) is 0 Å². The number of hydrogen-bond acceptors (Lipinski definition) is 2. The molecule has 110 valence electrons. The van der Waals surface area contributed by atoms with Gasteiger partial charge in [-0.3, -0.25) is 4.79 Å². The molecule has 1 amide bonds. The summed E-state index contributed by atoms with van der Waals surface area (Å²) in [6, 6.07) is 12.4. The number of amides is 1. The maximum Gasteiger partial charge on any atom is 0.230 e. The number of halogens is 2. The first-order chi connectivity index (χ1) is 10.1. The van der Waals surface area contributed by atoms with Crippen LogP contribution in [-0.2, 0) is 4.79 Å². The van der Waals surface area contributed by atoms with E-state index in [2.05, 4.69) is 5.32 Å². The van der Waals surface area contributed by atoms with Crippen molar-refractivity contribution in [2.24, 2.45) is 0 Å². The van der Waals surface area contributed by atoms with E-state index in [1.54, 1.807) is 6.92 Å². The molecule has 2 aromatic carbocycles. The fraction of sp³-hybridized carbons (Fsp3) is 0.188. The van der Waals surface area contributed by atoms with Gasteiger partial charge in [0.05, 0.1) is 11.8 Å². The Labute approximate surface area is 126 Å². The Bertz CT molecular complexity index is 619. The lowest BCUT2D eigenvalue weighted by atomic mass is 10.1. The number of benzene rings is 2. The highest BCUT2D eigenvalue weighted by Gasteiger charge is 2.14. The largest absolute Gasteiger partial charge is 0.349 e. The first-order valence-corrected chi connectivity index (χ1v) is 7.47. The van der Waals surface area contributed by atoms with E-state index < -0.39 is 17.7 Å². The minimum Gasteiger partial charge on any atom is -0.349 e. The molecule has 5 heteroatoms. The van der Waals surface area contributed by atoms with Crippen molar-refractivity contribution in [2.75, 3.05) is 5.75 Å². The Morgan fingerprint density at radius 1 is 1.19 bits per heavy atom. The molecule has 0 saturated heterocycles. The molecule has 0 bridgehead atoms. The molecule has 0 aliphatic rings. The summed E-state index contributed by atoms with van der Waals surface area (Å²) in [6.45, 7) is 1.67. The van der Waals surface area contributed by atoms with Gasteiger partial charge in [0.25, 0.3) is 0 Å². The number of thioether (sulfide) groups is 1. The monoisotopic (exact) mass is 307 g/mol. The summed E-state index contributed by atoms with van der Waals surface area (Å²) in [6.07, 6.45) is 0. The van der Waals surface area contributed by atoms with Crippen LogP contribution in [0.5, 0.6) is 0 Å². The average Bonchev–Trinajstić information content (AvgIpc) is 2.46. The van der Waals surface area contributed by atoms with E-state index >= 15 is 0 Å². The Hall–Kier alpha value is -1.88. The predicted molar refractivity (Wildman–Crippen MR) is 80.1 cm³/mol. The van der Waals surface area contributed by atoms with Crippen LogP contribution < -0.4 is 5.32 Å². The zero-order valence-corrected chi connectivity index (χ0v) is 12.3. The van der Waals surface area contributed by atoms with Gasteiger partial charge in [-0.05, 0) is 25.1 Å². The molecule has 0 aromatic heterocycles. The van der Waals surface area contributed by atoms with Crippen molar-refractivity contribution in [2.45, 2.75) is 17.9 Å². The molecular formula is C16H15F2NOS. The zero-order valence-electron chi connectivity index (χ0n) is 11.5. The third-order valence-corrected chi connectivity index (χ3v) is 3.93. The van der Waals surface area contributed by atoms with Gasteiger partial charge in [-0.15, -0.1) is 11.8 Å². The molecule has 0 aliphatic carbocycles. The quantitative estimate of drug-likeness (QED) is 0.848. The van der Waals surface area contributed by atoms with Gasteiger partial charge in [0.2, 0.25) is 5.91 Å². The molecule has 2 rings (SSSR count). The number of carbonyl (C=O) groups excluding carboxylic acids is 1. The van der Waals surface area contributed by atoms with Crippen LogP contribution in [0.1, 0.15) is 18.5 Å². The Kier molecular flexibility index (Phi) is 5.33. The molecule has 2 aromatic rings. The minimum absolute atomic E-state index is 0.194. The molecule has 0 aliphatic heterocycles. The van der Waals surface area contributed by atoms with Gasteiger partial charge < -0.3 is 5.32 Å². The minimum atomic E-state index is -0.654. The molecule has 1 N–H and O–H groups in total. The smallest absolute Gasteiger partial charge is 0.230 e. The van der Waals surface area contributed by atoms with Crippen LogP contribution in [0.4, 0.5) is 8.78 Å². The van der Waals surface area contributed by atoms with E-state index in [1.807, 2.05) is 30.3 Å². The summed E-state index contributed by atoms with van der Waals surface area (Å²) in [7, 11) is 0. The summed E-state index contributed by atoms with van der Waals surface area (Å²) >= 11 is 1.41.